The molecule has 4 nitrogen and oxygen atoms in total. The molecule has 0 bridgehead atoms. The first-order valence-corrected chi connectivity index (χ1v) is 11.5. The summed E-state index contributed by atoms with van der Waals surface area (Å²) in [5, 5.41) is 3.80. The minimum absolute atomic E-state index is 0.136. The van der Waals surface area contributed by atoms with E-state index in [4.69, 9.17) is 0 Å². The van der Waals surface area contributed by atoms with E-state index in [1.165, 1.54) is 37.7 Å². The van der Waals surface area contributed by atoms with Gasteiger partial charge in [-0.15, -0.1) is 0 Å². The molecule has 3 saturated carbocycles. The topological polar surface area (TPSA) is 45.2 Å². The number of aromatic nitrogens is 1. The van der Waals surface area contributed by atoms with Crippen LogP contribution in [0.4, 0.5) is 5.82 Å². The van der Waals surface area contributed by atoms with Crippen LogP contribution in [0, 0.1) is 35.5 Å². The first-order chi connectivity index (χ1) is 13.8. The number of anilines is 1. The first-order valence-electron chi connectivity index (χ1n) is 11.5. The molecule has 0 unspecified atom stereocenters. The van der Waals surface area contributed by atoms with Crippen LogP contribution in [0.1, 0.15) is 57.9 Å². The number of fused-ring (bicyclic) bond motifs is 5. The fourth-order valence-electron chi connectivity index (χ4n) is 7.71. The summed E-state index contributed by atoms with van der Waals surface area (Å²) in [5.41, 5.74) is 1.69. The van der Waals surface area contributed by atoms with Gasteiger partial charge in [0.1, 0.15) is 5.82 Å². The van der Waals surface area contributed by atoms with Gasteiger partial charge in [0.25, 0.3) is 0 Å². The Hall–Kier alpha value is -1.84. The molecule has 0 radical (unpaired) electrons. The van der Waals surface area contributed by atoms with Gasteiger partial charge in [0.2, 0.25) is 5.91 Å². The number of likely N-dealkylation sites (N-methyl/N-ethyl adjacent to an activating group) is 1. The maximum absolute atomic E-state index is 12.2. The Morgan fingerprint density at radius 3 is 2.69 bits per heavy atom. The van der Waals surface area contributed by atoms with Crippen molar-refractivity contribution in [1.82, 2.24) is 9.88 Å². The van der Waals surface area contributed by atoms with Crippen molar-refractivity contribution in [3.05, 3.63) is 36.0 Å². The minimum atomic E-state index is 0.136. The largest absolute Gasteiger partial charge is 0.367 e. The molecule has 0 aromatic carbocycles. The van der Waals surface area contributed by atoms with Gasteiger partial charge in [-0.2, -0.15) is 0 Å². The molecule has 156 valence electrons. The molecule has 1 N–H and O–H groups in total. The number of rotatable bonds is 2. The zero-order chi connectivity index (χ0) is 20.4. The lowest BCUT2D eigenvalue weighted by Crippen LogP contribution is -2.60. The molecule has 29 heavy (non-hydrogen) atoms. The maximum Gasteiger partial charge on any atom is 0.246 e. The molecule has 1 aromatic rings. The van der Waals surface area contributed by atoms with Gasteiger partial charge in [0.15, 0.2) is 0 Å². The highest BCUT2D eigenvalue weighted by Gasteiger charge is 2.60. The van der Waals surface area contributed by atoms with Crippen LogP contribution < -0.4 is 5.32 Å². The van der Waals surface area contributed by atoms with Gasteiger partial charge in [-0.3, -0.25) is 4.79 Å². The fraction of sp³-hybridized carbons (Fsp3) is 0.680. The molecule has 0 saturated heterocycles. The Labute approximate surface area is 175 Å². The monoisotopic (exact) mass is 393 g/mol. The molecule has 0 spiro atoms. The Kier molecular flexibility index (Phi) is 4.34. The average Bonchev–Trinajstić information content (AvgIpc) is 3.03. The third kappa shape index (κ3) is 2.78. The molecular formula is C25H35N3O. The van der Waals surface area contributed by atoms with E-state index in [9.17, 15) is 4.79 Å². The summed E-state index contributed by atoms with van der Waals surface area (Å²) in [7, 11) is 2.01. The predicted octanol–water partition coefficient (Wildman–Crippen LogP) is 4.81. The third-order valence-corrected chi connectivity index (χ3v) is 9.36. The summed E-state index contributed by atoms with van der Waals surface area (Å²) in [6, 6.07) is 5.16. The highest BCUT2D eigenvalue weighted by Crippen LogP contribution is 2.64. The number of carbonyl (C=O) groups excluding carboxylic acids is 1. The molecule has 3 fully saturated rings. The van der Waals surface area contributed by atoms with Crippen molar-refractivity contribution in [3.8, 4) is 0 Å². The van der Waals surface area contributed by atoms with Crippen LogP contribution in [0.5, 0.6) is 0 Å². The molecule has 7 atom stereocenters. The number of aryl methyl sites for hydroxylation is 1. The van der Waals surface area contributed by atoms with Crippen LogP contribution in [0.25, 0.3) is 0 Å². The summed E-state index contributed by atoms with van der Waals surface area (Å²) in [5.74, 6) is 3.46. The lowest BCUT2D eigenvalue weighted by Gasteiger charge is -2.60. The van der Waals surface area contributed by atoms with Crippen molar-refractivity contribution in [1.29, 1.82) is 0 Å². The third-order valence-electron chi connectivity index (χ3n) is 9.36. The van der Waals surface area contributed by atoms with Gasteiger partial charge in [-0.25, -0.2) is 4.98 Å². The van der Waals surface area contributed by atoms with Gasteiger partial charge in [-0.1, -0.05) is 26.0 Å². The quantitative estimate of drug-likeness (QED) is 0.784. The Bertz CT molecular complexity index is 833. The lowest BCUT2D eigenvalue weighted by molar-refractivity contribution is -0.138. The highest BCUT2D eigenvalue weighted by molar-refractivity contribution is 5.89. The summed E-state index contributed by atoms with van der Waals surface area (Å²) in [6.45, 7) is 7.05. The number of hydrogen-bond acceptors (Lipinski definition) is 3. The smallest absolute Gasteiger partial charge is 0.246 e. The van der Waals surface area contributed by atoms with E-state index in [1.54, 1.807) is 0 Å². The Morgan fingerprint density at radius 1 is 1.10 bits per heavy atom. The number of carbonyl (C=O) groups is 1. The maximum atomic E-state index is 12.2. The van der Waals surface area contributed by atoms with Crippen LogP contribution in [0.15, 0.2) is 30.5 Å². The van der Waals surface area contributed by atoms with E-state index in [0.29, 0.717) is 23.4 Å². The summed E-state index contributed by atoms with van der Waals surface area (Å²) < 4.78 is 0. The number of pyridine rings is 1. The predicted molar refractivity (Wildman–Crippen MR) is 116 cm³/mol. The number of hydrogen-bond donors (Lipinski definition) is 1. The van der Waals surface area contributed by atoms with E-state index >= 15 is 0 Å². The molecule has 1 aromatic heterocycles. The van der Waals surface area contributed by atoms with Gasteiger partial charge < -0.3 is 10.2 Å². The van der Waals surface area contributed by atoms with Gasteiger partial charge in [-0.05, 0) is 86.3 Å². The van der Waals surface area contributed by atoms with Gasteiger partial charge in [0, 0.05) is 30.7 Å². The normalized spacial score (nSPS) is 43.5. The van der Waals surface area contributed by atoms with Crippen LogP contribution in [-0.4, -0.2) is 34.9 Å². The molecule has 1 aliphatic heterocycles. The summed E-state index contributed by atoms with van der Waals surface area (Å²) in [4.78, 5) is 18.9. The van der Waals surface area contributed by atoms with Crippen molar-refractivity contribution in [2.75, 3.05) is 12.4 Å². The second-order valence-electron chi connectivity index (χ2n) is 10.7. The zero-order valence-electron chi connectivity index (χ0n) is 18.3. The Balaban J connectivity index is 1.39. The first kappa shape index (κ1) is 19.1. The van der Waals surface area contributed by atoms with Gasteiger partial charge >= 0.3 is 0 Å². The summed E-state index contributed by atoms with van der Waals surface area (Å²) in [6.07, 6.45) is 13.6. The van der Waals surface area contributed by atoms with Crippen LogP contribution in [0.2, 0.25) is 0 Å². The molecule has 4 heteroatoms. The van der Waals surface area contributed by atoms with Crippen LogP contribution in [-0.2, 0) is 4.79 Å². The van der Waals surface area contributed by atoms with Crippen molar-refractivity contribution >= 4 is 11.7 Å². The van der Waals surface area contributed by atoms with E-state index in [1.807, 2.05) is 24.2 Å². The van der Waals surface area contributed by atoms with E-state index < -0.39 is 0 Å². The molecule has 3 aliphatic carbocycles. The van der Waals surface area contributed by atoms with Crippen LogP contribution in [0.3, 0.4) is 0 Å². The minimum Gasteiger partial charge on any atom is -0.367 e. The second-order valence-corrected chi connectivity index (χ2v) is 10.7. The van der Waals surface area contributed by atoms with Gasteiger partial charge in [0.05, 0.1) is 0 Å². The van der Waals surface area contributed by atoms with E-state index in [-0.39, 0.29) is 11.3 Å². The van der Waals surface area contributed by atoms with E-state index in [0.717, 1.165) is 24.1 Å². The molecule has 5 rings (SSSR count). The van der Waals surface area contributed by atoms with Crippen molar-refractivity contribution < 1.29 is 4.79 Å². The number of nitrogens with one attached hydrogen (secondary N) is 1. The fourth-order valence-corrected chi connectivity index (χ4v) is 7.71. The molecule has 4 aliphatic rings. The lowest BCUT2D eigenvalue weighted by atomic mass is 9.48. The molecule has 2 heterocycles. The van der Waals surface area contributed by atoms with E-state index in [2.05, 4.69) is 49.3 Å². The average molecular weight is 394 g/mol. The highest BCUT2D eigenvalue weighted by atomic mass is 16.2. The zero-order valence-corrected chi connectivity index (χ0v) is 18.3. The number of nitrogens with zero attached hydrogens (tertiary/aromatic N) is 2. The SMILES string of the molecule is Cc1ccc(N[C@H]2CC[C@H]3[C@@H]4CC[C@H]5N(C)C(=O)C=C[C@]5(C)[C@H]4CC[C@]23C)nc1. The molecular weight excluding hydrogens is 358 g/mol. The Morgan fingerprint density at radius 2 is 1.93 bits per heavy atom. The number of amides is 1. The van der Waals surface area contributed by atoms with Crippen LogP contribution >= 0.6 is 0 Å². The van der Waals surface area contributed by atoms with Crippen molar-refractivity contribution in [3.63, 3.8) is 0 Å². The van der Waals surface area contributed by atoms with Crippen molar-refractivity contribution in [2.45, 2.75) is 71.4 Å². The standard InChI is InChI=1S/C25H35N3O/c1-16-5-10-22(26-15-16)27-20-8-7-18-17-6-9-21-25(3,14-12-23(29)28(21)4)19(17)11-13-24(18,20)2/h5,10,12,14-15,17-21H,6-9,11,13H2,1-4H3,(H,26,27)/t17-,18-,19-,20-,21+,24-,25+/m0/s1. The van der Waals surface area contributed by atoms with Crippen molar-refractivity contribution in [2.24, 2.45) is 28.6 Å². The summed E-state index contributed by atoms with van der Waals surface area (Å²) >= 11 is 0. The molecule has 1 amide bonds. The second kappa shape index (κ2) is 6.58.